The number of rotatable bonds is 5. The Morgan fingerprint density at radius 2 is 2.00 bits per heavy atom. The molecule has 0 atom stereocenters. The zero-order valence-electron chi connectivity index (χ0n) is 19.2. The topological polar surface area (TPSA) is 114 Å². The molecule has 35 heavy (non-hydrogen) atoms. The van der Waals surface area contributed by atoms with E-state index in [0.717, 1.165) is 56.0 Å². The van der Waals surface area contributed by atoms with Crippen molar-refractivity contribution in [3.05, 3.63) is 59.6 Å². The van der Waals surface area contributed by atoms with Gasteiger partial charge in [-0.1, -0.05) is 12.6 Å². The quantitative estimate of drug-likeness (QED) is 0.588. The maximum Gasteiger partial charge on any atom is 0.228 e. The summed E-state index contributed by atoms with van der Waals surface area (Å²) < 4.78 is 1.71. The maximum atomic E-state index is 11.8. The van der Waals surface area contributed by atoms with Crippen LogP contribution in [-0.2, 0) is 4.79 Å². The predicted octanol–water partition coefficient (Wildman–Crippen LogP) is 2.31. The van der Waals surface area contributed by atoms with Gasteiger partial charge in [0.05, 0.1) is 12.6 Å². The third kappa shape index (κ3) is 3.95. The van der Waals surface area contributed by atoms with Crippen LogP contribution < -0.4 is 20.4 Å². The first-order valence-electron chi connectivity index (χ1n) is 11.8. The van der Waals surface area contributed by atoms with Gasteiger partial charge in [-0.25, -0.2) is 9.97 Å². The third-order valence-electron chi connectivity index (χ3n) is 6.60. The molecule has 1 amide bonds. The number of carbonyl (C=O) groups is 1. The van der Waals surface area contributed by atoms with E-state index in [-0.39, 0.29) is 12.3 Å². The Balaban J connectivity index is 1.39. The van der Waals surface area contributed by atoms with Crippen LogP contribution in [0.15, 0.2) is 48.4 Å². The van der Waals surface area contributed by atoms with Crippen molar-refractivity contribution >= 4 is 35.1 Å². The Morgan fingerprint density at radius 3 is 2.66 bits per heavy atom. The van der Waals surface area contributed by atoms with E-state index in [1.54, 1.807) is 16.9 Å². The summed E-state index contributed by atoms with van der Waals surface area (Å²) in [6.07, 6.45) is 7.86. The largest absolute Gasteiger partial charge is 0.366 e. The minimum Gasteiger partial charge on any atom is -0.366 e. The van der Waals surface area contributed by atoms with Gasteiger partial charge in [-0.3, -0.25) is 4.79 Å². The summed E-state index contributed by atoms with van der Waals surface area (Å²) in [4.78, 5) is 25.6. The van der Waals surface area contributed by atoms with E-state index in [1.807, 2.05) is 24.3 Å². The number of nitrogens with zero attached hydrogens (tertiary/aromatic N) is 7. The molecule has 176 valence electrons. The highest BCUT2D eigenvalue weighted by molar-refractivity contribution is 5.90. The number of aromatic nitrogens is 4. The fourth-order valence-electron chi connectivity index (χ4n) is 4.57. The fourth-order valence-corrected chi connectivity index (χ4v) is 4.57. The van der Waals surface area contributed by atoms with Gasteiger partial charge in [-0.2, -0.15) is 14.9 Å². The molecule has 10 heteroatoms. The molecule has 1 aliphatic carbocycles. The number of carbonyl (C=O) groups excluding carboxylic acids is 1. The number of pyridine rings is 1. The van der Waals surface area contributed by atoms with Gasteiger partial charge in [0.25, 0.3) is 0 Å². The number of allylic oxidation sites excluding steroid dienone is 1. The molecule has 3 aliphatic rings. The summed E-state index contributed by atoms with van der Waals surface area (Å²) in [5, 5.41) is 21.0. The first kappa shape index (κ1) is 21.2. The lowest BCUT2D eigenvalue weighted by Crippen LogP contribution is -2.47. The van der Waals surface area contributed by atoms with Gasteiger partial charge in [0.1, 0.15) is 17.5 Å². The van der Waals surface area contributed by atoms with Crippen LogP contribution in [0, 0.1) is 11.3 Å². The van der Waals surface area contributed by atoms with E-state index in [9.17, 15) is 10.1 Å². The first-order valence-corrected chi connectivity index (χ1v) is 11.8. The van der Waals surface area contributed by atoms with Gasteiger partial charge < -0.3 is 20.4 Å². The van der Waals surface area contributed by atoms with Gasteiger partial charge in [0.2, 0.25) is 5.91 Å². The van der Waals surface area contributed by atoms with E-state index in [4.69, 9.17) is 4.98 Å². The fraction of sp³-hybridized carbons (Fsp3) is 0.320. The molecule has 3 fully saturated rings. The summed E-state index contributed by atoms with van der Waals surface area (Å²) in [7, 11) is 0. The number of hydrogen-bond donors (Lipinski definition) is 2. The van der Waals surface area contributed by atoms with Crippen LogP contribution in [0.4, 0.5) is 17.5 Å². The molecule has 10 nitrogen and oxygen atoms in total. The first-order chi connectivity index (χ1) is 17.1. The van der Waals surface area contributed by atoms with Crippen molar-refractivity contribution in [3.8, 4) is 6.07 Å². The van der Waals surface area contributed by atoms with E-state index < -0.39 is 0 Å². The normalized spacial score (nSPS) is 19.3. The maximum absolute atomic E-state index is 11.8. The van der Waals surface area contributed by atoms with Crippen LogP contribution in [0.25, 0.3) is 11.7 Å². The summed E-state index contributed by atoms with van der Waals surface area (Å²) >= 11 is 0. The highest BCUT2D eigenvalue weighted by Gasteiger charge is 2.29. The van der Waals surface area contributed by atoms with Crippen LogP contribution >= 0.6 is 0 Å². The van der Waals surface area contributed by atoms with Crippen molar-refractivity contribution < 1.29 is 4.79 Å². The molecule has 5 heterocycles. The number of nitrogens with one attached hydrogen (secondary N) is 2. The standard InChI is InChI=1S/C25H25N9O/c1-16-17(13-22(35)29-16)12-18-15-28-34-23(18)31-24(20(14-26)25(34)30-19-5-6-19)33-10-8-32(9-11-33)21-4-2-3-7-27-21/h2-4,7,12,15,19,30H,1,5-6,8-11,13H2,(H,29,35)/b17-12+. The number of piperazine rings is 1. The average Bonchev–Trinajstić information content (AvgIpc) is 3.53. The molecule has 2 N–H and O–H groups in total. The molecule has 6 rings (SSSR count). The smallest absolute Gasteiger partial charge is 0.228 e. The molecule has 0 bridgehead atoms. The van der Waals surface area contributed by atoms with E-state index in [0.29, 0.717) is 34.6 Å². The van der Waals surface area contributed by atoms with Gasteiger partial charge in [0.15, 0.2) is 17.3 Å². The van der Waals surface area contributed by atoms with E-state index >= 15 is 0 Å². The molecule has 0 unspecified atom stereocenters. The van der Waals surface area contributed by atoms with Crippen molar-refractivity contribution in [3.63, 3.8) is 0 Å². The molecule has 0 radical (unpaired) electrons. The number of anilines is 3. The van der Waals surface area contributed by atoms with Crippen LogP contribution in [0.3, 0.4) is 0 Å². The van der Waals surface area contributed by atoms with Crippen molar-refractivity contribution in [1.29, 1.82) is 5.26 Å². The molecular weight excluding hydrogens is 442 g/mol. The van der Waals surface area contributed by atoms with Crippen molar-refractivity contribution in [2.45, 2.75) is 25.3 Å². The van der Waals surface area contributed by atoms with Crippen LogP contribution in [0.2, 0.25) is 0 Å². The highest BCUT2D eigenvalue weighted by atomic mass is 16.1. The number of fused-ring (bicyclic) bond motifs is 1. The Morgan fingerprint density at radius 1 is 1.20 bits per heavy atom. The second-order valence-corrected chi connectivity index (χ2v) is 9.06. The lowest BCUT2D eigenvalue weighted by atomic mass is 10.1. The number of hydrogen-bond acceptors (Lipinski definition) is 8. The number of amides is 1. The Kier molecular flexibility index (Phi) is 5.10. The van der Waals surface area contributed by atoms with Gasteiger partial charge in [0, 0.05) is 49.7 Å². The van der Waals surface area contributed by atoms with Crippen molar-refractivity contribution in [2.75, 3.05) is 41.3 Å². The van der Waals surface area contributed by atoms with Crippen LogP contribution in [-0.4, -0.2) is 57.7 Å². The SMILES string of the molecule is C=C1NC(=O)C/C1=C\c1cnn2c(NC3CC3)c(C#N)c(N3CCN(c4ccccn4)CC3)nc12. The minimum atomic E-state index is -0.0694. The van der Waals surface area contributed by atoms with Crippen molar-refractivity contribution in [2.24, 2.45) is 0 Å². The van der Waals surface area contributed by atoms with Crippen molar-refractivity contribution in [1.82, 2.24) is 24.9 Å². The monoisotopic (exact) mass is 467 g/mol. The summed E-state index contributed by atoms with van der Waals surface area (Å²) in [6, 6.07) is 8.65. The second kappa shape index (κ2) is 8.43. The number of nitriles is 1. The lowest BCUT2D eigenvalue weighted by Gasteiger charge is -2.36. The summed E-state index contributed by atoms with van der Waals surface area (Å²) in [5.41, 5.74) is 3.35. The average molecular weight is 468 g/mol. The Bertz CT molecular complexity index is 1390. The predicted molar refractivity (Wildman–Crippen MR) is 133 cm³/mol. The summed E-state index contributed by atoms with van der Waals surface area (Å²) in [6.45, 7) is 6.94. The lowest BCUT2D eigenvalue weighted by molar-refractivity contribution is -0.118. The Hall–Kier alpha value is -4.39. The van der Waals surface area contributed by atoms with E-state index in [2.05, 4.69) is 43.2 Å². The van der Waals surface area contributed by atoms with Gasteiger partial charge in [-0.05, 0) is 36.6 Å². The molecule has 2 saturated heterocycles. The zero-order chi connectivity index (χ0) is 23.9. The van der Waals surface area contributed by atoms with Gasteiger partial charge in [-0.15, -0.1) is 0 Å². The Labute approximate surface area is 202 Å². The molecule has 3 aromatic heterocycles. The summed E-state index contributed by atoms with van der Waals surface area (Å²) in [5.74, 6) is 2.21. The van der Waals surface area contributed by atoms with E-state index in [1.165, 1.54) is 0 Å². The third-order valence-corrected chi connectivity index (χ3v) is 6.60. The molecule has 2 aliphatic heterocycles. The zero-order valence-corrected chi connectivity index (χ0v) is 19.2. The highest BCUT2D eigenvalue weighted by Crippen LogP contribution is 2.33. The molecule has 0 aromatic carbocycles. The molecule has 3 aromatic rings. The van der Waals surface area contributed by atoms with Crippen LogP contribution in [0.5, 0.6) is 0 Å². The second-order valence-electron chi connectivity index (χ2n) is 9.06. The van der Waals surface area contributed by atoms with Crippen LogP contribution in [0.1, 0.15) is 30.4 Å². The minimum absolute atomic E-state index is 0.0694. The molecule has 0 spiro atoms. The molecule has 1 saturated carbocycles. The van der Waals surface area contributed by atoms with Gasteiger partial charge >= 0.3 is 0 Å². The molecular formula is C25H25N9O.